The molecular weight excluding hydrogens is 300 g/mol. The fourth-order valence-electron chi connectivity index (χ4n) is 1.84. The first kappa shape index (κ1) is 20.8. The van der Waals surface area contributed by atoms with Crippen molar-refractivity contribution in [3.05, 3.63) is 35.4 Å². The summed E-state index contributed by atoms with van der Waals surface area (Å²) in [7, 11) is 0. The molecule has 0 heterocycles. The fraction of sp³-hybridized carbons (Fsp3) is 0.438. The predicted octanol–water partition coefficient (Wildman–Crippen LogP) is 1.50. The molecule has 2 rings (SSSR count). The second kappa shape index (κ2) is 12.3. The number of aromatic carboxylic acids is 1. The van der Waals surface area contributed by atoms with Crippen molar-refractivity contribution in [1.29, 1.82) is 0 Å². The van der Waals surface area contributed by atoms with E-state index in [1.54, 1.807) is 0 Å². The van der Waals surface area contributed by atoms with Crippen LogP contribution in [-0.4, -0.2) is 41.0 Å². The Morgan fingerprint density at radius 3 is 1.83 bits per heavy atom. The Balaban J connectivity index is 0.000000347. The molecule has 0 atom stereocenters. The van der Waals surface area contributed by atoms with Gasteiger partial charge in [-0.3, -0.25) is 9.59 Å². The molecular formula is C16H24N2O5. The van der Waals surface area contributed by atoms with Crippen molar-refractivity contribution in [3.8, 4) is 0 Å². The van der Waals surface area contributed by atoms with Crippen LogP contribution in [-0.2, 0) is 4.79 Å². The number of carboxylic acids is 2. The molecule has 0 unspecified atom stereocenters. The van der Waals surface area contributed by atoms with Crippen LogP contribution >= 0.6 is 0 Å². The first-order chi connectivity index (χ1) is 10.9. The minimum absolute atomic E-state index is 0.190. The highest BCUT2D eigenvalue weighted by molar-refractivity contribution is 5.88. The topological polar surface area (TPSA) is 144 Å². The van der Waals surface area contributed by atoms with Gasteiger partial charge >= 0.3 is 11.9 Å². The maximum absolute atomic E-state index is 10.3. The highest BCUT2D eigenvalue weighted by atomic mass is 16.4. The number of hydrogen-bond donors (Lipinski definition) is 4. The summed E-state index contributed by atoms with van der Waals surface area (Å²) in [5.41, 5.74) is 10.9. The normalized spacial score (nSPS) is 13.7. The highest BCUT2D eigenvalue weighted by Gasteiger charge is 2.06. The zero-order valence-electron chi connectivity index (χ0n) is 13.0. The number of rotatable bonds is 3. The van der Waals surface area contributed by atoms with Crippen molar-refractivity contribution < 1.29 is 24.6 Å². The summed E-state index contributed by atoms with van der Waals surface area (Å²) >= 11 is 0. The quantitative estimate of drug-likeness (QED) is 0.617. The van der Waals surface area contributed by atoms with E-state index >= 15 is 0 Å². The number of aldehydes is 1. The minimum atomic E-state index is -0.984. The third-order valence-corrected chi connectivity index (χ3v) is 3.12. The Kier molecular flexibility index (Phi) is 11.1. The van der Waals surface area contributed by atoms with Crippen molar-refractivity contribution in [2.24, 2.45) is 11.5 Å². The van der Waals surface area contributed by atoms with Crippen LogP contribution in [0.5, 0.6) is 0 Å². The van der Waals surface area contributed by atoms with Crippen LogP contribution in [0.25, 0.3) is 0 Å². The molecule has 0 aromatic heterocycles. The first-order valence-electron chi connectivity index (χ1n) is 7.36. The summed E-state index contributed by atoms with van der Waals surface area (Å²) in [4.78, 5) is 29.7. The van der Waals surface area contributed by atoms with Crippen LogP contribution in [0.4, 0.5) is 0 Å². The van der Waals surface area contributed by atoms with E-state index < -0.39 is 11.9 Å². The molecule has 128 valence electrons. The molecule has 7 nitrogen and oxygen atoms in total. The van der Waals surface area contributed by atoms with Crippen LogP contribution in [0.3, 0.4) is 0 Å². The lowest BCUT2D eigenvalue weighted by molar-refractivity contribution is -0.135. The second-order valence-corrected chi connectivity index (χ2v) is 5.04. The van der Waals surface area contributed by atoms with Crippen molar-refractivity contribution in [1.82, 2.24) is 0 Å². The summed E-state index contributed by atoms with van der Waals surface area (Å²) in [5, 5.41) is 16.1. The van der Waals surface area contributed by atoms with Crippen LogP contribution in [0, 0.1) is 0 Å². The molecule has 1 aliphatic rings. The lowest BCUT2D eigenvalue weighted by atomic mass is 9.97. The SMILES string of the molecule is NC1CCCCC1.NCC(=O)O.O=Cc1ccc(C(=O)O)cc1. The predicted molar refractivity (Wildman–Crippen MR) is 86.5 cm³/mol. The molecule has 1 aliphatic carbocycles. The molecule has 6 N–H and O–H groups in total. The first-order valence-corrected chi connectivity index (χ1v) is 7.36. The Morgan fingerprint density at radius 1 is 1.09 bits per heavy atom. The average molecular weight is 324 g/mol. The largest absolute Gasteiger partial charge is 0.480 e. The molecule has 1 aromatic rings. The van der Waals surface area contributed by atoms with Gasteiger partial charge in [0.1, 0.15) is 6.29 Å². The van der Waals surface area contributed by atoms with E-state index in [0.29, 0.717) is 17.9 Å². The van der Waals surface area contributed by atoms with E-state index in [9.17, 15) is 14.4 Å². The lowest BCUT2D eigenvalue weighted by Crippen LogP contribution is -2.22. The van der Waals surface area contributed by atoms with Crippen LogP contribution in [0.15, 0.2) is 24.3 Å². The molecule has 23 heavy (non-hydrogen) atoms. The van der Waals surface area contributed by atoms with E-state index in [0.717, 1.165) is 0 Å². The number of carbonyl (C=O) groups is 3. The van der Waals surface area contributed by atoms with Gasteiger partial charge in [-0.2, -0.15) is 0 Å². The van der Waals surface area contributed by atoms with Gasteiger partial charge < -0.3 is 21.7 Å². The summed E-state index contributed by atoms with van der Waals surface area (Å²) < 4.78 is 0. The molecule has 0 bridgehead atoms. The van der Waals surface area contributed by atoms with Gasteiger partial charge in [0.05, 0.1) is 12.1 Å². The monoisotopic (exact) mass is 324 g/mol. The number of nitrogens with two attached hydrogens (primary N) is 2. The van der Waals surface area contributed by atoms with Crippen LogP contribution in [0.1, 0.15) is 52.8 Å². The fourth-order valence-corrected chi connectivity index (χ4v) is 1.84. The van der Waals surface area contributed by atoms with Gasteiger partial charge in [-0.1, -0.05) is 31.4 Å². The maximum Gasteiger partial charge on any atom is 0.335 e. The van der Waals surface area contributed by atoms with E-state index in [2.05, 4.69) is 5.73 Å². The second-order valence-electron chi connectivity index (χ2n) is 5.04. The van der Waals surface area contributed by atoms with Gasteiger partial charge in [0, 0.05) is 11.6 Å². The van der Waals surface area contributed by atoms with E-state index in [1.807, 2.05) is 0 Å². The van der Waals surface area contributed by atoms with Crippen molar-refractivity contribution in [3.63, 3.8) is 0 Å². The van der Waals surface area contributed by atoms with Gasteiger partial charge in [-0.05, 0) is 25.0 Å². The standard InChI is InChI=1S/C8H6O3.C6H13N.C2H5NO2/c9-5-6-1-3-7(4-2-6)8(10)11;7-6-4-2-1-3-5-6;3-1-2(4)5/h1-5H,(H,10,11);6H,1-5,7H2;1,3H2,(H,4,5). The molecule has 1 fully saturated rings. The third-order valence-electron chi connectivity index (χ3n) is 3.12. The zero-order chi connectivity index (χ0) is 17.7. The number of aliphatic carboxylic acids is 1. The molecule has 7 heteroatoms. The third kappa shape index (κ3) is 11.0. The minimum Gasteiger partial charge on any atom is -0.480 e. The summed E-state index contributed by atoms with van der Waals surface area (Å²) in [6.07, 6.45) is 7.33. The van der Waals surface area contributed by atoms with Crippen LogP contribution in [0.2, 0.25) is 0 Å². The number of carbonyl (C=O) groups excluding carboxylic acids is 1. The van der Waals surface area contributed by atoms with E-state index in [-0.39, 0.29) is 12.1 Å². The molecule has 1 saturated carbocycles. The Bertz CT molecular complexity index is 482. The number of carboxylic acid groups (broad SMARTS) is 2. The summed E-state index contributed by atoms with van der Waals surface area (Å²) in [5.74, 6) is -1.95. The highest BCUT2D eigenvalue weighted by Crippen LogP contribution is 2.14. The molecule has 0 amide bonds. The zero-order valence-corrected chi connectivity index (χ0v) is 13.0. The number of benzene rings is 1. The molecule has 0 radical (unpaired) electrons. The van der Waals surface area contributed by atoms with E-state index in [4.69, 9.17) is 15.9 Å². The smallest absolute Gasteiger partial charge is 0.335 e. The van der Waals surface area contributed by atoms with Gasteiger partial charge in [-0.25, -0.2) is 4.79 Å². The summed E-state index contributed by atoms with van der Waals surface area (Å²) in [6, 6.07) is 6.26. The van der Waals surface area contributed by atoms with Crippen molar-refractivity contribution >= 4 is 18.2 Å². The van der Waals surface area contributed by atoms with Gasteiger partial charge in [-0.15, -0.1) is 0 Å². The van der Waals surface area contributed by atoms with Crippen molar-refractivity contribution in [2.75, 3.05) is 6.54 Å². The Labute approximate surface area is 135 Å². The average Bonchev–Trinajstić information content (AvgIpc) is 2.56. The molecule has 0 spiro atoms. The van der Waals surface area contributed by atoms with Gasteiger partial charge in [0.15, 0.2) is 0 Å². The number of hydrogen-bond acceptors (Lipinski definition) is 5. The lowest BCUT2D eigenvalue weighted by Gasteiger charge is -2.15. The Morgan fingerprint density at radius 2 is 1.57 bits per heavy atom. The van der Waals surface area contributed by atoms with Gasteiger partial charge in [0.25, 0.3) is 0 Å². The molecule has 0 saturated heterocycles. The Hall–Kier alpha value is -2.25. The van der Waals surface area contributed by atoms with Crippen molar-refractivity contribution in [2.45, 2.75) is 38.1 Å². The van der Waals surface area contributed by atoms with E-state index in [1.165, 1.54) is 56.4 Å². The molecule has 0 aliphatic heterocycles. The summed E-state index contributed by atoms with van der Waals surface area (Å²) in [6.45, 7) is -0.278. The van der Waals surface area contributed by atoms with Crippen LogP contribution < -0.4 is 11.5 Å². The molecule has 1 aromatic carbocycles. The van der Waals surface area contributed by atoms with Gasteiger partial charge in [0.2, 0.25) is 0 Å². The maximum atomic E-state index is 10.3.